The van der Waals surface area contributed by atoms with E-state index in [4.69, 9.17) is 0 Å². The predicted octanol–water partition coefficient (Wildman–Crippen LogP) is 5.23. The number of nitro benzene ring substituents is 1. The zero-order chi connectivity index (χ0) is 23.7. The zero-order valence-electron chi connectivity index (χ0n) is 16.8. The molecular formula is C23H15F2N4O4. The Morgan fingerprint density at radius 2 is 1.85 bits per heavy atom. The molecule has 1 radical (unpaired) electrons. The van der Waals surface area contributed by atoms with E-state index in [-0.39, 0.29) is 22.4 Å². The van der Waals surface area contributed by atoms with Gasteiger partial charge in [0.1, 0.15) is 11.3 Å². The third-order valence-electron chi connectivity index (χ3n) is 4.84. The molecular weight excluding hydrogens is 434 g/mol. The number of allylic oxidation sites excluding steroid dienone is 1. The monoisotopic (exact) mass is 449 g/mol. The topological polar surface area (TPSA) is 110 Å². The third-order valence-corrected chi connectivity index (χ3v) is 4.84. The Kier molecular flexibility index (Phi) is 5.57. The van der Waals surface area contributed by atoms with E-state index in [9.17, 15) is 28.9 Å². The van der Waals surface area contributed by atoms with Crippen LogP contribution in [-0.2, 0) is 0 Å². The van der Waals surface area contributed by atoms with E-state index in [0.29, 0.717) is 21.5 Å². The van der Waals surface area contributed by atoms with Crippen LogP contribution in [0.25, 0.3) is 28.5 Å². The second kappa shape index (κ2) is 8.50. The van der Waals surface area contributed by atoms with Gasteiger partial charge in [-0.1, -0.05) is 18.2 Å². The van der Waals surface area contributed by atoms with Crippen LogP contribution in [0.1, 0.15) is 15.9 Å². The molecule has 1 aromatic heterocycles. The van der Waals surface area contributed by atoms with Crippen molar-refractivity contribution in [1.29, 1.82) is 0 Å². The smallest absolute Gasteiger partial charge is 0.307 e. The van der Waals surface area contributed by atoms with Crippen molar-refractivity contribution < 1.29 is 23.7 Å². The number of nitrogens with zero attached hydrogens (tertiary/aromatic N) is 3. The Hall–Kier alpha value is -4.60. The molecule has 0 spiro atoms. The summed E-state index contributed by atoms with van der Waals surface area (Å²) in [7, 11) is 0. The molecule has 0 saturated heterocycles. The summed E-state index contributed by atoms with van der Waals surface area (Å²) in [6.07, 6.45) is 3.15. The Balaban J connectivity index is 1.61. The molecule has 8 nitrogen and oxygen atoms in total. The van der Waals surface area contributed by atoms with Crippen LogP contribution in [0.3, 0.4) is 0 Å². The Labute approximate surface area is 185 Å². The normalized spacial score (nSPS) is 11.2. The molecule has 3 aromatic carbocycles. The number of nitro groups is 1. The first kappa shape index (κ1) is 21.6. The lowest BCUT2D eigenvalue weighted by molar-refractivity contribution is -0.387. The van der Waals surface area contributed by atoms with Crippen molar-refractivity contribution in [1.82, 2.24) is 9.71 Å². The number of hydrogen-bond donors (Lipinski definition) is 2. The summed E-state index contributed by atoms with van der Waals surface area (Å²) in [5, 5.41) is 23.9. The summed E-state index contributed by atoms with van der Waals surface area (Å²) in [5.41, 5.74) is 0.416. The molecule has 4 rings (SSSR count). The van der Waals surface area contributed by atoms with Gasteiger partial charge in [0.05, 0.1) is 16.0 Å². The minimum Gasteiger partial charge on any atom is -0.426 e. The number of carbonyl (C=O) groups excluding carboxylic acids is 1. The van der Waals surface area contributed by atoms with Crippen molar-refractivity contribution >= 4 is 34.4 Å². The number of rotatable bonds is 5. The average Bonchev–Trinajstić information content (AvgIpc) is 3.10. The highest BCUT2D eigenvalue weighted by atomic mass is 19.1. The highest BCUT2D eigenvalue weighted by molar-refractivity contribution is 6.04. The van der Waals surface area contributed by atoms with Crippen LogP contribution in [0.4, 0.5) is 20.2 Å². The number of amides is 1. The number of benzene rings is 3. The van der Waals surface area contributed by atoms with E-state index in [1.54, 1.807) is 6.08 Å². The van der Waals surface area contributed by atoms with Gasteiger partial charge in [-0.3, -0.25) is 14.9 Å². The van der Waals surface area contributed by atoms with Gasteiger partial charge in [-0.05, 0) is 48.9 Å². The molecule has 165 valence electrons. The lowest BCUT2D eigenvalue weighted by atomic mass is 10.1. The molecule has 0 aliphatic heterocycles. The third kappa shape index (κ3) is 4.13. The van der Waals surface area contributed by atoms with E-state index < -0.39 is 28.2 Å². The van der Waals surface area contributed by atoms with Gasteiger partial charge in [0.2, 0.25) is 5.82 Å². The number of halogens is 2. The molecule has 1 amide bonds. The fourth-order valence-corrected chi connectivity index (χ4v) is 3.26. The second-order valence-corrected chi connectivity index (χ2v) is 6.97. The molecule has 1 heterocycles. The van der Waals surface area contributed by atoms with Crippen LogP contribution < -0.4 is 5.32 Å². The van der Waals surface area contributed by atoms with Gasteiger partial charge in [0.15, 0.2) is 5.82 Å². The highest BCUT2D eigenvalue weighted by Crippen LogP contribution is 2.29. The van der Waals surface area contributed by atoms with Crippen LogP contribution in [0, 0.1) is 28.7 Å². The van der Waals surface area contributed by atoms with Crippen molar-refractivity contribution in [3.05, 3.63) is 100 Å². The molecule has 0 aliphatic carbocycles. The lowest BCUT2D eigenvalue weighted by Gasteiger charge is -2.08. The van der Waals surface area contributed by atoms with Gasteiger partial charge in [-0.25, -0.2) is 9.37 Å². The Morgan fingerprint density at radius 1 is 1.12 bits per heavy atom. The predicted molar refractivity (Wildman–Crippen MR) is 118 cm³/mol. The van der Waals surface area contributed by atoms with Crippen molar-refractivity contribution in [3.8, 4) is 11.4 Å². The molecule has 0 bridgehead atoms. The fourth-order valence-electron chi connectivity index (χ4n) is 3.26. The summed E-state index contributed by atoms with van der Waals surface area (Å²) in [4.78, 5) is 26.7. The van der Waals surface area contributed by atoms with Crippen molar-refractivity contribution in [2.24, 2.45) is 0 Å². The zero-order valence-corrected chi connectivity index (χ0v) is 16.8. The van der Waals surface area contributed by atoms with Crippen LogP contribution >= 0.6 is 0 Å². The first-order chi connectivity index (χ1) is 15.8. The molecule has 0 unspecified atom stereocenters. The number of fused-ring (bicyclic) bond motifs is 1. The number of aromatic nitrogens is 2. The maximum atomic E-state index is 14.1. The minimum absolute atomic E-state index is 0.0153. The van der Waals surface area contributed by atoms with Crippen LogP contribution in [-0.4, -0.2) is 25.8 Å². The summed E-state index contributed by atoms with van der Waals surface area (Å²) in [5.74, 6) is -2.39. The Bertz CT molecular complexity index is 1430. The quantitative estimate of drug-likeness (QED) is 0.246. The summed E-state index contributed by atoms with van der Waals surface area (Å²) >= 11 is 0. The van der Waals surface area contributed by atoms with Crippen molar-refractivity contribution in [2.45, 2.75) is 0 Å². The van der Waals surface area contributed by atoms with Crippen LogP contribution in [0.15, 0.2) is 60.7 Å². The molecule has 33 heavy (non-hydrogen) atoms. The SMILES string of the molecule is [CH2]C=Cc1ccc(F)c(C(=O)Nc2ccc(-c3nc4cc(F)c([N+](=O)[O-])cc4n3O)cc2)c1. The van der Waals surface area contributed by atoms with Crippen LogP contribution in [0.5, 0.6) is 0 Å². The molecule has 0 atom stereocenters. The summed E-state index contributed by atoms with van der Waals surface area (Å²) < 4.78 is 28.6. The minimum atomic E-state index is -1.07. The largest absolute Gasteiger partial charge is 0.426 e. The lowest BCUT2D eigenvalue weighted by Crippen LogP contribution is -2.14. The molecule has 4 aromatic rings. The van der Waals surface area contributed by atoms with Gasteiger partial charge in [0, 0.05) is 23.4 Å². The molecule has 10 heteroatoms. The molecule has 0 aliphatic rings. The molecule has 0 saturated carbocycles. The number of nitrogens with one attached hydrogen (secondary N) is 1. The van der Waals surface area contributed by atoms with Gasteiger partial charge in [-0.2, -0.15) is 9.12 Å². The fraction of sp³-hybridized carbons (Fsp3) is 0. The van der Waals surface area contributed by atoms with E-state index in [1.165, 1.54) is 48.5 Å². The van der Waals surface area contributed by atoms with E-state index in [0.717, 1.165) is 12.1 Å². The summed E-state index contributed by atoms with van der Waals surface area (Å²) in [6, 6.07) is 11.9. The maximum absolute atomic E-state index is 14.1. The standard InChI is InChI=1S/C23H15F2N4O4/c1-2-3-13-4-9-17(24)16(10-13)23(30)26-15-7-5-14(6-8-15)22-27-19-11-18(25)20(29(32)33)12-21(19)28(22)31/h2-12,31H,1H2,(H,26,30). The van der Waals surface area contributed by atoms with Gasteiger partial charge >= 0.3 is 5.69 Å². The number of imidazole rings is 1. The second-order valence-electron chi connectivity index (χ2n) is 6.97. The number of carbonyl (C=O) groups is 1. The summed E-state index contributed by atoms with van der Waals surface area (Å²) in [6.45, 7) is 3.57. The maximum Gasteiger partial charge on any atom is 0.307 e. The highest BCUT2D eigenvalue weighted by Gasteiger charge is 2.21. The van der Waals surface area contributed by atoms with Gasteiger partial charge in [-0.15, -0.1) is 0 Å². The van der Waals surface area contributed by atoms with Crippen LogP contribution in [0.2, 0.25) is 0 Å². The Morgan fingerprint density at radius 3 is 2.52 bits per heavy atom. The molecule has 0 fully saturated rings. The first-order valence-electron chi connectivity index (χ1n) is 9.51. The van der Waals surface area contributed by atoms with E-state index in [2.05, 4.69) is 17.2 Å². The van der Waals surface area contributed by atoms with E-state index in [1.807, 2.05) is 0 Å². The van der Waals surface area contributed by atoms with E-state index >= 15 is 0 Å². The number of anilines is 1. The average molecular weight is 449 g/mol. The number of hydrogen-bond acceptors (Lipinski definition) is 5. The van der Waals surface area contributed by atoms with Gasteiger partial charge < -0.3 is 10.5 Å². The van der Waals surface area contributed by atoms with Crippen molar-refractivity contribution in [2.75, 3.05) is 5.32 Å². The molecule has 2 N–H and O–H groups in total. The van der Waals surface area contributed by atoms with Crippen molar-refractivity contribution in [3.63, 3.8) is 0 Å². The van der Waals surface area contributed by atoms with Gasteiger partial charge in [0.25, 0.3) is 5.91 Å². The first-order valence-corrected chi connectivity index (χ1v) is 9.51.